The zero-order valence-electron chi connectivity index (χ0n) is 9.90. The van der Waals surface area contributed by atoms with E-state index >= 15 is 0 Å². The summed E-state index contributed by atoms with van der Waals surface area (Å²) < 4.78 is 19.3. The molecule has 90 valence electrons. The fourth-order valence-corrected chi connectivity index (χ4v) is 1.93. The van der Waals surface area contributed by atoms with Crippen LogP contribution in [0.15, 0.2) is 36.4 Å². The lowest BCUT2D eigenvalue weighted by atomic mass is 9.93. The maximum absolute atomic E-state index is 14.2. The van der Waals surface area contributed by atoms with E-state index in [-0.39, 0.29) is 0 Å². The first kappa shape index (κ1) is 11.9. The van der Waals surface area contributed by atoms with Crippen LogP contribution in [0.25, 0.3) is 10.8 Å². The van der Waals surface area contributed by atoms with Crippen molar-refractivity contribution in [1.29, 1.82) is 0 Å². The molecule has 0 bridgehead atoms. The predicted octanol–water partition coefficient (Wildman–Crippen LogP) is 3.03. The topological polar surface area (TPSA) is 29.5 Å². The molecule has 0 heterocycles. The van der Waals surface area contributed by atoms with E-state index in [0.717, 1.165) is 16.5 Å². The summed E-state index contributed by atoms with van der Waals surface area (Å²) in [5.74, 6) is 0.735. The lowest BCUT2D eigenvalue weighted by Gasteiger charge is -2.20. The van der Waals surface area contributed by atoms with Gasteiger partial charge in [0.25, 0.3) is 0 Å². The van der Waals surface area contributed by atoms with Crippen LogP contribution in [0.2, 0.25) is 0 Å². The van der Waals surface area contributed by atoms with Crippen LogP contribution in [0.3, 0.4) is 0 Å². The van der Waals surface area contributed by atoms with Crippen molar-refractivity contribution in [3.05, 3.63) is 42.0 Å². The highest BCUT2D eigenvalue weighted by atomic mass is 19.1. The highest BCUT2D eigenvalue weighted by Crippen LogP contribution is 2.32. The van der Waals surface area contributed by atoms with Crippen molar-refractivity contribution in [3.63, 3.8) is 0 Å². The maximum atomic E-state index is 14.2. The minimum atomic E-state index is -1.73. The first-order chi connectivity index (χ1) is 8.08. The lowest BCUT2D eigenvalue weighted by molar-refractivity contribution is 0.0881. The van der Waals surface area contributed by atoms with E-state index in [2.05, 4.69) is 0 Å². The van der Waals surface area contributed by atoms with Crippen LogP contribution in [-0.2, 0) is 5.67 Å². The third-order valence-electron chi connectivity index (χ3n) is 2.95. The van der Waals surface area contributed by atoms with Crippen LogP contribution in [0.4, 0.5) is 4.39 Å². The largest absolute Gasteiger partial charge is 0.497 e. The smallest absolute Gasteiger partial charge is 0.156 e. The molecule has 0 aromatic heterocycles. The van der Waals surface area contributed by atoms with Crippen molar-refractivity contribution in [2.45, 2.75) is 12.6 Å². The first-order valence-corrected chi connectivity index (χ1v) is 5.45. The molecule has 0 aliphatic rings. The molecule has 0 aliphatic heterocycles. The number of methoxy groups -OCH3 is 1. The van der Waals surface area contributed by atoms with Crippen LogP contribution in [0.5, 0.6) is 5.75 Å². The van der Waals surface area contributed by atoms with Crippen molar-refractivity contribution in [2.24, 2.45) is 0 Å². The van der Waals surface area contributed by atoms with Crippen molar-refractivity contribution in [2.75, 3.05) is 13.7 Å². The van der Waals surface area contributed by atoms with Crippen LogP contribution in [0.1, 0.15) is 12.5 Å². The van der Waals surface area contributed by atoms with Gasteiger partial charge in [0.2, 0.25) is 0 Å². The van der Waals surface area contributed by atoms with E-state index in [1.165, 1.54) is 6.92 Å². The van der Waals surface area contributed by atoms with E-state index < -0.39 is 12.3 Å². The predicted molar refractivity (Wildman–Crippen MR) is 66.0 cm³/mol. The van der Waals surface area contributed by atoms with Crippen molar-refractivity contribution < 1.29 is 14.2 Å². The van der Waals surface area contributed by atoms with Gasteiger partial charge < -0.3 is 9.84 Å². The molecule has 3 heteroatoms. The number of fused-ring (bicyclic) bond motifs is 1. The highest BCUT2D eigenvalue weighted by Gasteiger charge is 2.26. The van der Waals surface area contributed by atoms with Crippen molar-refractivity contribution in [1.82, 2.24) is 0 Å². The Labute approximate surface area is 99.6 Å². The maximum Gasteiger partial charge on any atom is 0.156 e. The zero-order valence-corrected chi connectivity index (χ0v) is 9.90. The molecule has 2 aromatic rings. The summed E-state index contributed by atoms with van der Waals surface area (Å²) in [6.07, 6.45) is 0. The Morgan fingerprint density at radius 3 is 2.71 bits per heavy atom. The second-order valence-electron chi connectivity index (χ2n) is 4.25. The first-order valence-electron chi connectivity index (χ1n) is 5.45. The third-order valence-corrected chi connectivity index (χ3v) is 2.95. The van der Waals surface area contributed by atoms with Gasteiger partial charge in [0, 0.05) is 0 Å². The zero-order chi connectivity index (χ0) is 12.5. The van der Waals surface area contributed by atoms with Gasteiger partial charge in [-0.3, -0.25) is 0 Å². The SMILES string of the molecule is COc1ccc2c(C(C)(F)CO)cccc2c1. The Morgan fingerprint density at radius 2 is 2.06 bits per heavy atom. The van der Waals surface area contributed by atoms with Crippen molar-refractivity contribution in [3.8, 4) is 5.75 Å². The van der Waals surface area contributed by atoms with E-state index in [1.54, 1.807) is 25.3 Å². The summed E-state index contributed by atoms with van der Waals surface area (Å²) in [5.41, 5.74) is -1.23. The number of alkyl halides is 1. The molecule has 2 aromatic carbocycles. The normalized spacial score (nSPS) is 14.6. The van der Waals surface area contributed by atoms with Crippen LogP contribution in [-0.4, -0.2) is 18.8 Å². The van der Waals surface area contributed by atoms with Crippen molar-refractivity contribution >= 4 is 10.8 Å². The minimum Gasteiger partial charge on any atom is -0.497 e. The monoisotopic (exact) mass is 234 g/mol. The highest BCUT2D eigenvalue weighted by molar-refractivity contribution is 5.87. The number of benzene rings is 2. The van der Waals surface area contributed by atoms with Gasteiger partial charge in [0.05, 0.1) is 13.7 Å². The molecule has 0 saturated heterocycles. The van der Waals surface area contributed by atoms with Crippen LogP contribution < -0.4 is 4.74 Å². The van der Waals surface area contributed by atoms with Gasteiger partial charge in [0.15, 0.2) is 5.67 Å². The molecule has 0 radical (unpaired) electrons. The Kier molecular flexibility index (Phi) is 3.03. The second-order valence-corrected chi connectivity index (χ2v) is 4.25. The van der Waals surface area contributed by atoms with E-state index in [0.29, 0.717) is 5.56 Å². The number of ether oxygens (including phenoxy) is 1. The minimum absolute atomic E-state index is 0.500. The summed E-state index contributed by atoms with van der Waals surface area (Å²) in [6.45, 7) is 0.851. The molecule has 1 atom stereocenters. The molecule has 17 heavy (non-hydrogen) atoms. The molecule has 0 aliphatic carbocycles. The Balaban J connectivity index is 2.66. The number of hydrogen-bond donors (Lipinski definition) is 1. The van der Waals surface area contributed by atoms with Gasteiger partial charge in [-0.15, -0.1) is 0 Å². The molecular formula is C14H15FO2. The second kappa shape index (κ2) is 4.34. The molecular weight excluding hydrogens is 219 g/mol. The fraction of sp³-hybridized carbons (Fsp3) is 0.286. The molecule has 1 N–H and O–H groups in total. The van der Waals surface area contributed by atoms with Gasteiger partial charge in [-0.25, -0.2) is 4.39 Å². The molecule has 2 nitrogen and oxygen atoms in total. The average Bonchev–Trinajstić information content (AvgIpc) is 2.37. The average molecular weight is 234 g/mol. The molecule has 1 unspecified atom stereocenters. The quantitative estimate of drug-likeness (QED) is 0.884. The van der Waals surface area contributed by atoms with Crippen LogP contribution in [0, 0.1) is 0 Å². The molecule has 2 rings (SSSR count). The van der Waals surface area contributed by atoms with Gasteiger partial charge in [-0.1, -0.05) is 24.3 Å². The Bertz CT molecular complexity index is 535. The number of rotatable bonds is 3. The third kappa shape index (κ3) is 2.11. The Morgan fingerprint density at radius 1 is 1.29 bits per heavy atom. The van der Waals surface area contributed by atoms with Gasteiger partial charge in [-0.2, -0.15) is 0 Å². The van der Waals surface area contributed by atoms with Gasteiger partial charge in [-0.05, 0) is 35.4 Å². The summed E-state index contributed by atoms with van der Waals surface area (Å²) in [7, 11) is 1.60. The number of halogens is 1. The number of aliphatic hydroxyl groups is 1. The van der Waals surface area contributed by atoms with Gasteiger partial charge >= 0.3 is 0 Å². The van der Waals surface area contributed by atoms with E-state index in [9.17, 15) is 4.39 Å². The standard InChI is InChI=1S/C14H15FO2/c1-14(15,9-16)13-5-3-4-10-8-11(17-2)6-7-12(10)13/h3-8,16H,9H2,1-2H3. The van der Waals surface area contributed by atoms with Gasteiger partial charge in [0.1, 0.15) is 5.75 Å². The van der Waals surface area contributed by atoms with Crippen LogP contribution >= 0.6 is 0 Å². The molecule has 0 saturated carbocycles. The summed E-state index contributed by atoms with van der Waals surface area (Å²) in [6, 6.07) is 10.8. The molecule has 0 amide bonds. The summed E-state index contributed by atoms with van der Waals surface area (Å²) >= 11 is 0. The van der Waals surface area contributed by atoms with E-state index in [4.69, 9.17) is 9.84 Å². The molecule has 0 spiro atoms. The fourth-order valence-electron chi connectivity index (χ4n) is 1.93. The number of hydrogen-bond acceptors (Lipinski definition) is 2. The molecule has 0 fully saturated rings. The summed E-state index contributed by atoms with van der Waals surface area (Å²) in [5, 5.41) is 10.8. The summed E-state index contributed by atoms with van der Waals surface area (Å²) in [4.78, 5) is 0. The number of aliphatic hydroxyl groups excluding tert-OH is 1. The Hall–Kier alpha value is -1.61. The lowest BCUT2D eigenvalue weighted by Crippen LogP contribution is -2.20. The van der Waals surface area contributed by atoms with E-state index in [1.807, 2.05) is 18.2 Å².